The number of aryl methyl sites for hydroxylation is 2. The molecule has 0 N–H and O–H groups in total. The molecule has 0 radical (unpaired) electrons. The van der Waals surface area contributed by atoms with Gasteiger partial charge >= 0.3 is 0 Å². The van der Waals surface area contributed by atoms with E-state index in [1.807, 2.05) is 18.9 Å². The summed E-state index contributed by atoms with van der Waals surface area (Å²) >= 11 is 0. The van der Waals surface area contributed by atoms with E-state index >= 15 is 0 Å². The van der Waals surface area contributed by atoms with Crippen LogP contribution in [0.5, 0.6) is 0 Å². The lowest BCUT2D eigenvalue weighted by Crippen LogP contribution is -2.48. The van der Waals surface area contributed by atoms with Crippen LogP contribution in [0, 0.1) is 12.8 Å². The Hall–Kier alpha value is -1.93. The average Bonchev–Trinajstić information content (AvgIpc) is 3.30. The first-order valence-electron chi connectivity index (χ1n) is 11.4. The van der Waals surface area contributed by atoms with E-state index in [0.717, 1.165) is 77.2 Å². The second-order valence-corrected chi connectivity index (χ2v) is 8.96. The average molecular weight is 418 g/mol. The van der Waals surface area contributed by atoms with Gasteiger partial charge in [-0.15, -0.1) is 0 Å². The molecule has 30 heavy (non-hydrogen) atoms. The van der Waals surface area contributed by atoms with Crippen molar-refractivity contribution in [1.82, 2.24) is 24.5 Å². The van der Waals surface area contributed by atoms with Gasteiger partial charge < -0.3 is 14.5 Å². The van der Waals surface area contributed by atoms with Crippen molar-refractivity contribution < 1.29 is 14.3 Å². The SMILES string of the molecule is Cc1nn(C)cc1C(=O)N1CCC(N(CCCN2CCOCC2)C(=O)C2CCC2)C1. The Balaban J connectivity index is 1.37. The molecule has 1 aromatic rings. The molecule has 4 rings (SSSR count). The summed E-state index contributed by atoms with van der Waals surface area (Å²) < 4.78 is 7.12. The van der Waals surface area contributed by atoms with Gasteiger partial charge in [0.15, 0.2) is 0 Å². The highest BCUT2D eigenvalue weighted by atomic mass is 16.5. The van der Waals surface area contributed by atoms with Crippen molar-refractivity contribution >= 4 is 11.8 Å². The summed E-state index contributed by atoms with van der Waals surface area (Å²) in [5.74, 6) is 0.534. The second kappa shape index (κ2) is 9.47. The molecule has 1 unspecified atom stereocenters. The third-order valence-corrected chi connectivity index (χ3v) is 6.85. The maximum Gasteiger partial charge on any atom is 0.257 e. The summed E-state index contributed by atoms with van der Waals surface area (Å²) in [6.07, 6.45) is 6.83. The Labute approximate surface area is 179 Å². The van der Waals surface area contributed by atoms with Crippen molar-refractivity contribution in [3.05, 3.63) is 17.5 Å². The summed E-state index contributed by atoms with van der Waals surface area (Å²) in [7, 11) is 1.84. The first kappa shape index (κ1) is 21.3. The molecular formula is C22H35N5O3. The highest BCUT2D eigenvalue weighted by molar-refractivity contribution is 5.95. The summed E-state index contributed by atoms with van der Waals surface area (Å²) in [5.41, 5.74) is 1.43. The zero-order valence-electron chi connectivity index (χ0n) is 18.4. The van der Waals surface area contributed by atoms with E-state index in [-0.39, 0.29) is 17.9 Å². The van der Waals surface area contributed by atoms with Gasteiger partial charge in [0.25, 0.3) is 5.91 Å². The zero-order valence-corrected chi connectivity index (χ0v) is 18.4. The highest BCUT2D eigenvalue weighted by Gasteiger charge is 2.37. The van der Waals surface area contributed by atoms with Crippen molar-refractivity contribution in [3.8, 4) is 0 Å². The molecule has 2 amide bonds. The van der Waals surface area contributed by atoms with E-state index in [0.29, 0.717) is 24.6 Å². The fraction of sp³-hybridized carbons (Fsp3) is 0.773. The number of hydrogen-bond donors (Lipinski definition) is 0. The minimum absolute atomic E-state index is 0.0347. The number of hydrogen-bond acceptors (Lipinski definition) is 5. The van der Waals surface area contributed by atoms with Crippen molar-refractivity contribution in [2.75, 3.05) is 52.5 Å². The quantitative estimate of drug-likeness (QED) is 0.669. The van der Waals surface area contributed by atoms with Gasteiger partial charge in [0.05, 0.1) is 30.5 Å². The molecule has 3 aliphatic rings. The van der Waals surface area contributed by atoms with Crippen LogP contribution in [0.1, 0.15) is 48.2 Å². The number of aromatic nitrogens is 2. The van der Waals surface area contributed by atoms with E-state index in [1.165, 1.54) is 0 Å². The van der Waals surface area contributed by atoms with E-state index in [1.54, 1.807) is 10.9 Å². The number of rotatable bonds is 7. The van der Waals surface area contributed by atoms with Crippen LogP contribution in [0.3, 0.4) is 0 Å². The first-order chi connectivity index (χ1) is 14.5. The first-order valence-corrected chi connectivity index (χ1v) is 11.4. The molecule has 8 nitrogen and oxygen atoms in total. The van der Waals surface area contributed by atoms with E-state index < -0.39 is 0 Å². The van der Waals surface area contributed by atoms with Gasteiger partial charge in [-0.1, -0.05) is 6.42 Å². The molecule has 1 atom stereocenters. The van der Waals surface area contributed by atoms with Crippen LogP contribution < -0.4 is 0 Å². The molecule has 1 aromatic heterocycles. The summed E-state index contributed by atoms with van der Waals surface area (Å²) in [4.78, 5) is 32.6. The molecule has 166 valence electrons. The van der Waals surface area contributed by atoms with Gasteiger partial charge in [-0.3, -0.25) is 19.2 Å². The molecule has 2 aliphatic heterocycles. The van der Waals surface area contributed by atoms with Gasteiger partial charge in [-0.05, 0) is 32.6 Å². The van der Waals surface area contributed by atoms with Crippen molar-refractivity contribution in [2.45, 2.75) is 45.1 Å². The van der Waals surface area contributed by atoms with Crippen molar-refractivity contribution in [2.24, 2.45) is 13.0 Å². The molecule has 2 saturated heterocycles. The number of ether oxygens (including phenoxy) is 1. The van der Waals surface area contributed by atoms with Crippen LogP contribution >= 0.6 is 0 Å². The lowest BCUT2D eigenvalue weighted by atomic mass is 9.84. The number of likely N-dealkylation sites (tertiary alicyclic amines) is 1. The standard InChI is InChI=1S/C22H35N5O3/c1-17-20(16-24(2)23-17)22(29)26-10-7-19(15-26)27(21(28)18-5-3-6-18)9-4-8-25-11-13-30-14-12-25/h16,18-19H,3-15H2,1-2H3. The number of amides is 2. The minimum Gasteiger partial charge on any atom is -0.379 e. The molecule has 1 saturated carbocycles. The fourth-order valence-corrected chi connectivity index (χ4v) is 4.81. The van der Waals surface area contributed by atoms with E-state index in [9.17, 15) is 9.59 Å². The Morgan fingerprint density at radius 2 is 1.97 bits per heavy atom. The van der Waals surface area contributed by atoms with Crippen LogP contribution in [0.2, 0.25) is 0 Å². The number of nitrogens with zero attached hydrogens (tertiary/aromatic N) is 5. The van der Waals surface area contributed by atoms with Gasteiger partial charge in [0.2, 0.25) is 5.91 Å². The molecule has 0 bridgehead atoms. The molecule has 0 spiro atoms. The lowest BCUT2D eigenvalue weighted by Gasteiger charge is -2.36. The summed E-state index contributed by atoms with van der Waals surface area (Å²) in [6, 6.07) is 0.128. The Bertz CT molecular complexity index is 754. The normalized spacial score (nSPS) is 22.9. The van der Waals surface area contributed by atoms with Crippen molar-refractivity contribution in [1.29, 1.82) is 0 Å². The number of morpholine rings is 1. The molecule has 3 heterocycles. The molecular weight excluding hydrogens is 382 g/mol. The van der Waals surface area contributed by atoms with Crippen LogP contribution in [0.4, 0.5) is 0 Å². The Morgan fingerprint density at radius 3 is 2.60 bits per heavy atom. The van der Waals surface area contributed by atoms with Gasteiger partial charge in [0, 0.05) is 58.4 Å². The van der Waals surface area contributed by atoms with Gasteiger partial charge in [0.1, 0.15) is 0 Å². The Morgan fingerprint density at radius 1 is 1.20 bits per heavy atom. The zero-order chi connectivity index (χ0) is 21.1. The van der Waals surface area contributed by atoms with E-state index in [2.05, 4.69) is 14.9 Å². The molecule has 3 fully saturated rings. The largest absolute Gasteiger partial charge is 0.379 e. The maximum atomic E-state index is 13.2. The minimum atomic E-state index is 0.0347. The maximum absolute atomic E-state index is 13.2. The third kappa shape index (κ3) is 4.70. The van der Waals surface area contributed by atoms with Crippen LogP contribution in [0.15, 0.2) is 6.20 Å². The molecule has 8 heteroatoms. The predicted octanol–water partition coefficient (Wildman–Crippen LogP) is 1.29. The Kier molecular flexibility index (Phi) is 6.73. The second-order valence-electron chi connectivity index (χ2n) is 8.96. The predicted molar refractivity (Wildman–Crippen MR) is 113 cm³/mol. The molecule has 1 aliphatic carbocycles. The lowest BCUT2D eigenvalue weighted by molar-refractivity contribution is -0.140. The monoisotopic (exact) mass is 417 g/mol. The third-order valence-electron chi connectivity index (χ3n) is 6.85. The highest BCUT2D eigenvalue weighted by Crippen LogP contribution is 2.30. The van der Waals surface area contributed by atoms with Gasteiger partial charge in [-0.25, -0.2) is 0 Å². The number of carbonyl (C=O) groups excluding carboxylic acids is 2. The smallest absolute Gasteiger partial charge is 0.257 e. The van der Waals surface area contributed by atoms with Crippen LogP contribution in [-0.2, 0) is 16.6 Å². The summed E-state index contributed by atoms with van der Waals surface area (Å²) in [6.45, 7) is 8.56. The van der Waals surface area contributed by atoms with Crippen LogP contribution in [0.25, 0.3) is 0 Å². The van der Waals surface area contributed by atoms with Crippen LogP contribution in [-0.4, -0.2) is 94.8 Å². The molecule has 0 aromatic carbocycles. The van der Waals surface area contributed by atoms with Crippen molar-refractivity contribution in [3.63, 3.8) is 0 Å². The topological polar surface area (TPSA) is 70.9 Å². The fourth-order valence-electron chi connectivity index (χ4n) is 4.81. The van der Waals surface area contributed by atoms with Gasteiger partial charge in [-0.2, -0.15) is 5.10 Å². The number of carbonyl (C=O) groups is 2. The summed E-state index contributed by atoms with van der Waals surface area (Å²) in [5, 5.41) is 4.30. The van der Waals surface area contributed by atoms with E-state index in [4.69, 9.17) is 4.74 Å².